The third kappa shape index (κ3) is 5.85. The Morgan fingerprint density at radius 3 is 2.26 bits per heavy atom. The first kappa shape index (κ1) is 24.4. The number of nitrogens with one attached hydrogen (secondary N) is 1. The van der Waals surface area contributed by atoms with Gasteiger partial charge in [0.1, 0.15) is 5.37 Å². The average Bonchev–Trinajstić information content (AvgIpc) is 3.18. The minimum atomic E-state index is -4.41. The van der Waals surface area contributed by atoms with Crippen LogP contribution in [0.5, 0.6) is 0 Å². The zero-order valence-corrected chi connectivity index (χ0v) is 19.7. The summed E-state index contributed by atoms with van der Waals surface area (Å²) >= 11 is 1.65. The van der Waals surface area contributed by atoms with Gasteiger partial charge in [-0.2, -0.15) is 13.2 Å². The highest BCUT2D eigenvalue weighted by Crippen LogP contribution is 2.38. The molecule has 0 saturated carbocycles. The highest BCUT2D eigenvalue weighted by Gasteiger charge is 2.33. The van der Waals surface area contributed by atoms with E-state index in [9.17, 15) is 22.8 Å². The van der Waals surface area contributed by atoms with Gasteiger partial charge in [0.25, 0.3) is 0 Å². The summed E-state index contributed by atoms with van der Waals surface area (Å²) in [5.41, 5.74) is 1.89. The van der Waals surface area contributed by atoms with Crippen molar-refractivity contribution in [2.75, 3.05) is 50.3 Å². The van der Waals surface area contributed by atoms with Crippen LogP contribution in [0, 0.1) is 6.92 Å². The van der Waals surface area contributed by atoms with Gasteiger partial charge in [0.2, 0.25) is 5.91 Å². The number of hydrogen-bond acceptors (Lipinski definition) is 4. The Morgan fingerprint density at radius 1 is 1.00 bits per heavy atom. The van der Waals surface area contributed by atoms with Gasteiger partial charge in [-0.25, -0.2) is 4.79 Å². The predicted octanol–water partition coefficient (Wildman–Crippen LogP) is 4.44. The second-order valence-corrected chi connectivity index (χ2v) is 9.56. The van der Waals surface area contributed by atoms with Gasteiger partial charge in [0.15, 0.2) is 0 Å². The molecule has 1 unspecified atom stereocenters. The Balaban J connectivity index is 1.24. The molecule has 0 radical (unpaired) electrons. The van der Waals surface area contributed by atoms with Gasteiger partial charge < -0.3 is 15.1 Å². The van der Waals surface area contributed by atoms with Crippen molar-refractivity contribution < 1.29 is 22.8 Å². The van der Waals surface area contributed by atoms with Crippen molar-refractivity contribution in [1.82, 2.24) is 14.7 Å². The molecule has 2 saturated heterocycles. The molecule has 0 spiro atoms. The fourth-order valence-corrected chi connectivity index (χ4v) is 5.29. The Morgan fingerprint density at radius 2 is 1.65 bits per heavy atom. The summed E-state index contributed by atoms with van der Waals surface area (Å²) in [6, 6.07) is 12.4. The molecular formula is C24H27F3N4O2S. The second kappa shape index (κ2) is 10.3. The first-order chi connectivity index (χ1) is 16.2. The number of thioether (sulfide) groups is 1. The SMILES string of the molecule is Cc1ccc(C2SCC(=O)N2CCN2CCN(C(=O)Nc3ccc(C(F)(F)F)cc3)CC2)cc1. The van der Waals surface area contributed by atoms with Crippen molar-refractivity contribution in [2.24, 2.45) is 0 Å². The van der Waals surface area contributed by atoms with Crippen molar-refractivity contribution in [3.8, 4) is 0 Å². The molecule has 2 heterocycles. The number of alkyl halides is 3. The second-order valence-electron chi connectivity index (χ2n) is 8.50. The Labute approximate surface area is 201 Å². The van der Waals surface area contributed by atoms with Crippen molar-refractivity contribution >= 4 is 29.4 Å². The zero-order chi connectivity index (χ0) is 24.3. The highest BCUT2D eigenvalue weighted by molar-refractivity contribution is 8.00. The molecular weight excluding hydrogens is 465 g/mol. The number of benzene rings is 2. The van der Waals surface area contributed by atoms with Gasteiger partial charge in [0.05, 0.1) is 11.3 Å². The number of nitrogens with zero attached hydrogens (tertiary/aromatic N) is 3. The van der Waals surface area contributed by atoms with Crippen LogP contribution in [-0.4, -0.2) is 71.7 Å². The van der Waals surface area contributed by atoms with E-state index in [4.69, 9.17) is 0 Å². The lowest BCUT2D eigenvalue weighted by Gasteiger charge is -2.36. The number of amides is 3. The van der Waals surface area contributed by atoms with E-state index in [0.717, 1.165) is 24.2 Å². The fraction of sp³-hybridized carbons (Fsp3) is 0.417. The number of carbonyl (C=O) groups is 2. The topological polar surface area (TPSA) is 55.9 Å². The summed E-state index contributed by atoms with van der Waals surface area (Å²) in [6.07, 6.45) is -4.41. The number of rotatable bonds is 5. The average molecular weight is 493 g/mol. The lowest BCUT2D eigenvalue weighted by molar-refractivity contribution is -0.137. The number of piperazine rings is 1. The van der Waals surface area contributed by atoms with Crippen molar-refractivity contribution in [1.29, 1.82) is 0 Å². The Hall–Kier alpha value is -2.72. The van der Waals surface area contributed by atoms with Crippen LogP contribution in [0.2, 0.25) is 0 Å². The third-order valence-corrected chi connectivity index (χ3v) is 7.37. The van der Waals surface area contributed by atoms with Gasteiger partial charge in [-0.15, -0.1) is 11.8 Å². The third-order valence-electron chi connectivity index (χ3n) is 6.11. The van der Waals surface area contributed by atoms with Crippen LogP contribution < -0.4 is 5.32 Å². The van der Waals surface area contributed by atoms with Crippen LogP contribution in [0.3, 0.4) is 0 Å². The van der Waals surface area contributed by atoms with Crippen LogP contribution in [0.25, 0.3) is 0 Å². The first-order valence-corrected chi connectivity index (χ1v) is 12.2. The summed E-state index contributed by atoms with van der Waals surface area (Å²) in [5, 5.41) is 2.69. The molecule has 1 N–H and O–H groups in total. The first-order valence-electron chi connectivity index (χ1n) is 11.1. The maximum atomic E-state index is 12.7. The lowest BCUT2D eigenvalue weighted by atomic mass is 10.1. The molecule has 0 aromatic heterocycles. The number of anilines is 1. The van der Waals surface area contributed by atoms with Gasteiger partial charge in [0, 0.05) is 45.0 Å². The van der Waals surface area contributed by atoms with Gasteiger partial charge in [-0.05, 0) is 36.8 Å². The number of urea groups is 1. The maximum Gasteiger partial charge on any atom is 0.416 e. The largest absolute Gasteiger partial charge is 0.416 e. The number of carbonyl (C=O) groups excluding carboxylic acids is 2. The standard InChI is InChI=1S/C24H27F3N4O2S/c1-17-2-4-18(5-3-17)22-31(21(32)16-34-22)15-12-29-10-13-30(14-11-29)23(33)28-20-8-6-19(7-9-20)24(25,26)27/h2-9,22H,10-16H2,1H3,(H,28,33). The fourth-order valence-electron chi connectivity index (χ4n) is 4.07. The number of halogens is 3. The molecule has 182 valence electrons. The summed E-state index contributed by atoms with van der Waals surface area (Å²) in [4.78, 5) is 30.8. The van der Waals surface area contributed by atoms with Gasteiger partial charge >= 0.3 is 12.2 Å². The molecule has 0 bridgehead atoms. The molecule has 3 amide bonds. The smallest absolute Gasteiger partial charge is 0.325 e. The molecule has 2 fully saturated rings. The zero-order valence-electron chi connectivity index (χ0n) is 18.8. The van der Waals surface area contributed by atoms with Crippen molar-refractivity contribution in [2.45, 2.75) is 18.5 Å². The summed E-state index contributed by atoms with van der Waals surface area (Å²) in [6.45, 7) is 5.76. The van der Waals surface area contributed by atoms with E-state index in [1.165, 1.54) is 17.7 Å². The quantitative estimate of drug-likeness (QED) is 0.671. The molecule has 2 aromatic carbocycles. The minimum Gasteiger partial charge on any atom is -0.325 e. The van der Waals surface area contributed by atoms with E-state index < -0.39 is 11.7 Å². The van der Waals surface area contributed by atoms with Gasteiger partial charge in [-0.3, -0.25) is 9.69 Å². The van der Waals surface area contributed by atoms with Gasteiger partial charge in [-0.1, -0.05) is 29.8 Å². The van der Waals surface area contributed by atoms with E-state index in [1.54, 1.807) is 16.7 Å². The van der Waals surface area contributed by atoms with E-state index in [1.807, 2.05) is 11.8 Å². The van der Waals surface area contributed by atoms with Crippen LogP contribution in [0.1, 0.15) is 22.1 Å². The van der Waals surface area contributed by atoms with E-state index >= 15 is 0 Å². The van der Waals surface area contributed by atoms with E-state index in [-0.39, 0.29) is 17.3 Å². The Kier molecular flexibility index (Phi) is 7.37. The molecule has 2 aliphatic rings. The molecule has 2 aliphatic heterocycles. The summed E-state index contributed by atoms with van der Waals surface area (Å²) in [7, 11) is 0. The van der Waals surface area contributed by atoms with Crippen LogP contribution >= 0.6 is 11.8 Å². The summed E-state index contributed by atoms with van der Waals surface area (Å²) in [5.74, 6) is 0.626. The molecule has 1 atom stereocenters. The highest BCUT2D eigenvalue weighted by atomic mass is 32.2. The van der Waals surface area contributed by atoms with E-state index in [2.05, 4.69) is 34.5 Å². The normalized spacial score (nSPS) is 19.5. The Bertz CT molecular complexity index is 1010. The molecule has 10 heteroatoms. The molecule has 34 heavy (non-hydrogen) atoms. The minimum absolute atomic E-state index is 0.0314. The van der Waals surface area contributed by atoms with E-state index in [0.29, 0.717) is 44.2 Å². The molecule has 4 rings (SSSR count). The maximum absolute atomic E-state index is 12.7. The van der Waals surface area contributed by atoms with Crippen LogP contribution in [0.15, 0.2) is 48.5 Å². The van der Waals surface area contributed by atoms with Crippen molar-refractivity contribution in [3.05, 3.63) is 65.2 Å². The summed E-state index contributed by atoms with van der Waals surface area (Å²) < 4.78 is 38.1. The van der Waals surface area contributed by atoms with Crippen LogP contribution in [0.4, 0.5) is 23.7 Å². The monoisotopic (exact) mass is 492 g/mol. The van der Waals surface area contributed by atoms with Crippen molar-refractivity contribution in [3.63, 3.8) is 0 Å². The number of aryl methyl sites for hydroxylation is 1. The molecule has 2 aromatic rings. The molecule has 6 nitrogen and oxygen atoms in total. The lowest BCUT2D eigenvalue weighted by Crippen LogP contribution is -2.51. The molecule has 0 aliphatic carbocycles. The number of hydrogen-bond donors (Lipinski definition) is 1. The predicted molar refractivity (Wildman–Crippen MR) is 127 cm³/mol. The van der Waals surface area contributed by atoms with Crippen LogP contribution in [-0.2, 0) is 11.0 Å².